The summed E-state index contributed by atoms with van der Waals surface area (Å²) in [4.78, 5) is 0. The van der Waals surface area contributed by atoms with Crippen LogP contribution in [0.5, 0.6) is 0 Å². The molecule has 19 heavy (non-hydrogen) atoms. The molecule has 6 nitrogen and oxygen atoms in total. The molecular weight excluding hydrogens is 288 g/mol. The maximum Gasteiger partial charge on any atom is 0.301 e. The highest BCUT2D eigenvalue weighted by atomic mass is 35.5. The minimum Gasteiger partial charge on any atom is -0.314 e. The largest absolute Gasteiger partial charge is 0.314 e. The van der Waals surface area contributed by atoms with Gasteiger partial charge in [-0.15, -0.1) is 0 Å². The van der Waals surface area contributed by atoms with Crippen molar-refractivity contribution >= 4 is 27.5 Å². The first kappa shape index (κ1) is 14.1. The summed E-state index contributed by atoms with van der Waals surface area (Å²) in [5.74, 6) is 0. The van der Waals surface area contributed by atoms with Crippen molar-refractivity contribution < 1.29 is 8.42 Å². The molecule has 0 spiro atoms. The van der Waals surface area contributed by atoms with E-state index >= 15 is 0 Å². The van der Waals surface area contributed by atoms with Crippen molar-refractivity contribution in [3.05, 3.63) is 28.8 Å². The van der Waals surface area contributed by atoms with Crippen LogP contribution >= 0.6 is 11.6 Å². The van der Waals surface area contributed by atoms with Crippen molar-refractivity contribution in [1.82, 2.24) is 9.62 Å². The molecule has 102 valence electrons. The molecule has 1 aliphatic heterocycles. The third-order valence-corrected chi connectivity index (χ3v) is 4.60. The van der Waals surface area contributed by atoms with Crippen LogP contribution in [0.3, 0.4) is 0 Å². The van der Waals surface area contributed by atoms with Crippen LogP contribution in [0.25, 0.3) is 0 Å². The zero-order valence-electron chi connectivity index (χ0n) is 10.1. The number of nitrogens with zero attached hydrogens (tertiary/aromatic N) is 2. The Kier molecular flexibility index (Phi) is 4.27. The van der Waals surface area contributed by atoms with Gasteiger partial charge in [0.25, 0.3) is 0 Å². The van der Waals surface area contributed by atoms with Crippen LogP contribution in [-0.4, -0.2) is 38.9 Å². The Bertz CT molecular complexity index is 606. The molecule has 1 aromatic carbocycles. The maximum atomic E-state index is 12.1. The second-order valence-corrected chi connectivity index (χ2v) is 6.14. The summed E-state index contributed by atoms with van der Waals surface area (Å²) in [7, 11) is -3.57. The highest BCUT2D eigenvalue weighted by Gasteiger charge is 2.23. The summed E-state index contributed by atoms with van der Waals surface area (Å²) in [6.07, 6.45) is 0. The lowest BCUT2D eigenvalue weighted by Gasteiger charge is -2.26. The van der Waals surface area contributed by atoms with Crippen LogP contribution in [0.2, 0.25) is 5.02 Å². The van der Waals surface area contributed by atoms with Gasteiger partial charge in [0, 0.05) is 26.2 Å². The van der Waals surface area contributed by atoms with Gasteiger partial charge in [-0.2, -0.15) is 18.0 Å². The number of halogens is 1. The lowest BCUT2D eigenvalue weighted by Crippen LogP contribution is -2.48. The SMILES string of the molecule is N#Cc1ccc(NS(=O)(=O)N2CCNCC2)cc1Cl. The highest BCUT2D eigenvalue weighted by Crippen LogP contribution is 2.21. The van der Waals surface area contributed by atoms with Gasteiger partial charge >= 0.3 is 10.2 Å². The smallest absolute Gasteiger partial charge is 0.301 e. The fourth-order valence-corrected chi connectivity index (χ4v) is 3.21. The number of hydrogen-bond donors (Lipinski definition) is 2. The zero-order valence-corrected chi connectivity index (χ0v) is 11.6. The standard InChI is InChI=1S/C11H13ClN4O2S/c12-11-7-10(2-1-9(11)8-13)15-19(17,18)16-5-3-14-4-6-16/h1-2,7,14-15H,3-6H2. The van der Waals surface area contributed by atoms with Crippen LogP contribution in [0.15, 0.2) is 18.2 Å². The Morgan fingerprint density at radius 2 is 2.05 bits per heavy atom. The van der Waals surface area contributed by atoms with Crippen molar-refractivity contribution in [2.24, 2.45) is 0 Å². The normalized spacial score (nSPS) is 16.8. The van der Waals surface area contributed by atoms with E-state index < -0.39 is 10.2 Å². The summed E-state index contributed by atoms with van der Waals surface area (Å²) in [6.45, 7) is 2.13. The Morgan fingerprint density at radius 1 is 1.37 bits per heavy atom. The zero-order chi connectivity index (χ0) is 13.9. The molecule has 0 unspecified atom stereocenters. The number of hydrogen-bond acceptors (Lipinski definition) is 4. The second kappa shape index (κ2) is 5.75. The van der Waals surface area contributed by atoms with Crippen molar-refractivity contribution in [3.8, 4) is 6.07 Å². The van der Waals surface area contributed by atoms with E-state index in [0.29, 0.717) is 37.4 Å². The first-order valence-corrected chi connectivity index (χ1v) is 7.53. The first-order chi connectivity index (χ1) is 9.03. The van der Waals surface area contributed by atoms with E-state index in [4.69, 9.17) is 16.9 Å². The molecule has 2 rings (SSSR count). The van der Waals surface area contributed by atoms with Gasteiger partial charge in [-0.25, -0.2) is 0 Å². The van der Waals surface area contributed by atoms with Gasteiger partial charge in [0.2, 0.25) is 0 Å². The highest BCUT2D eigenvalue weighted by molar-refractivity contribution is 7.90. The summed E-state index contributed by atoms with van der Waals surface area (Å²) < 4.78 is 28.0. The van der Waals surface area contributed by atoms with Gasteiger partial charge in [0.1, 0.15) is 6.07 Å². The number of piperazine rings is 1. The molecule has 1 aromatic rings. The van der Waals surface area contributed by atoms with Crippen molar-refractivity contribution in [2.45, 2.75) is 0 Å². The lowest BCUT2D eigenvalue weighted by molar-refractivity contribution is 0.362. The van der Waals surface area contributed by atoms with Gasteiger partial charge in [-0.05, 0) is 18.2 Å². The molecule has 0 amide bonds. The van der Waals surface area contributed by atoms with Gasteiger partial charge in [-0.1, -0.05) is 11.6 Å². The van der Waals surface area contributed by atoms with E-state index in [1.54, 1.807) is 0 Å². The Balaban J connectivity index is 2.16. The third-order valence-electron chi connectivity index (χ3n) is 2.75. The maximum absolute atomic E-state index is 12.1. The number of nitrogens with one attached hydrogen (secondary N) is 2. The molecule has 0 atom stereocenters. The van der Waals surface area contributed by atoms with Gasteiger partial charge in [0.15, 0.2) is 0 Å². The summed E-state index contributed by atoms with van der Waals surface area (Å²) in [6, 6.07) is 6.35. The average molecular weight is 301 g/mol. The van der Waals surface area contributed by atoms with Crippen LogP contribution in [0, 0.1) is 11.3 Å². The molecule has 0 bridgehead atoms. The molecule has 8 heteroatoms. The van der Waals surface area contributed by atoms with E-state index in [1.807, 2.05) is 6.07 Å². The Labute approximate surface area is 117 Å². The Hall–Kier alpha value is -1.33. The van der Waals surface area contributed by atoms with Gasteiger partial charge in [-0.3, -0.25) is 4.72 Å². The number of nitriles is 1. The predicted molar refractivity (Wildman–Crippen MR) is 73.2 cm³/mol. The molecular formula is C11H13ClN4O2S. The van der Waals surface area contributed by atoms with Gasteiger partial charge < -0.3 is 5.32 Å². The van der Waals surface area contributed by atoms with E-state index in [1.165, 1.54) is 22.5 Å². The van der Waals surface area contributed by atoms with Crippen molar-refractivity contribution in [2.75, 3.05) is 30.9 Å². The quantitative estimate of drug-likeness (QED) is 0.863. The van der Waals surface area contributed by atoms with E-state index in [2.05, 4.69) is 10.0 Å². The first-order valence-electron chi connectivity index (χ1n) is 5.71. The van der Waals surface area contributed by atoms with Crippen LogP contribution in [0.4, 0.5) is 5.69 Å². The van der Waals surface area contributed by atoms with Crippen LogP contribution in [0.1, 0.15) is 5.56 Å². The van der Waals surface area contributed by atoms with Crippen LogP contribution < -0.4 is 10.0 Å². The molecule has 0 radical (unpaired) electrons. The molecule has 1 heterocycles. The fourth-order valence-electron chi connectivity index (χ4n) is 1.77. The van der Waals surface area contributed by atoms with Gasteiger partial charge in [0.05, 0.1) is 16.3 Å². The second-order valence-electron chi connectivity index (χ2n) is 4.06. The Morgan fingerprint density at radius 3 is 2.63 bits per heavy atom. The molecule has 0 aromatic heterocycles. The number of benzene rings is 1. The molecule has 1 fully saturated rings. The van der Waals surface area contributed by atoms with E-state index in [0.717, 1.165) is 0 Å². The van der Waals surface area contributed by atoms with E-state index in [9.17, 15) is 8.42 Å². The van der Waals surface area contributed by atoms with E-state index in [-0.39, 0.29) is 5.02 Å². The summed E-state index contributed by atoms with van der Waals surface area (Å²) >= 11 is 5.86. The average Bonchev–Trinajstić information content (AvgIpc) is 2.39. The van der Waals surface area contributed by atoms with Crippen molar-refractivity contribution in [3.63, 3.8) is 0 Å². The minimum atomic E-state index is -3.57. The minimum absolute atomic E-state index is 0.225. The van der Waals surface area contributed by atoms with Crippen LogP contribution in [-0.2, 0) is 10.2 Å². The molecule has 0 saturated carbocycles. The third kappa shape index (κ3) is 3.36. The molecule has 2 N–H and O–H groups in total. The molecule has 1 saturated heterocycles. The van der Waals surface area contributed by atoms with Crippen molar-refractivity contribution in [1.29, 1.82) is 5.26 Å². The summed E-state index contributed by atoms with van der Waals surface area (Å²) in [5, 5.41) is 12.1. The summed E-state index contributed by atoms with van der Waals surface area (Å²) in [5.41, 5.74) is 0.661. The predicted octanol–water partition coefficient (Wildman–Crippen LogP) is 0.774. The lowest BCUT2D eigenvalue weighted by atomic mass is 10.2. The fraction of sp³-hybridized carbons (Fsp3) is 0.364. The monoisotopic (exact) mass is 300 g/mol. The molecule has 1 aliphatic rings. The number of anilines is 1. The topological polar surface area (TPSA) is 85.2 Å². The number of rotatable bonds is 3. The molecule has 0 aliphatic carbocycles.